The Morgan fingerprint density at radius 1 is 1.32 bits per heavy atom. The van der Waals surface area contributed by atoms with Crippen LogP contribution in [0.25, 0.3) is 10.7 Å². The molecule has 0 radical (unpaired) electrons. The number of carbonyl (C=O) groups is 1. The number of ether oxygens (including phenoxy) is 1. The lowest BCUT2D eigenvalue weighted by atomic mass is 10.0. The molecule has 1 amide bonds. The molecule has 4 rings (SSSR count). The van der Waals surface area contributed by atoms with Gasteiger partial charge in [0, 0.05) is 13.1 Å². The fraction of sp³-hybridized carbons (Fsp3) is 0.235. The SMILES string of the molecule is O=C(COc1ccc(F)cc1)N1CC(c2nc(-c3cccs3)no2)C1. The van der Waals surface area contributed by atoms with Crippen LogP contribution in [0.15, 0.2) is 46.3 Å². The molecule has 0 saturated carbocycles. The van der Waals surface area contributed by atoms with E-state index in [2.05, 4.69) is 10.1 Å². The third-order valence-electron chi connectivity index (χ3n) is 3.94. The molecule has 1 aliphatic rings. The number of benzene rings is 1. The molecule has 0 bridgehead atoms. The van der Waals surface area contributed by atoms with Gasteiger partial charge in [-0.3, -0.25) is 4.79 Å². The van der Waals surface area contributed by atoms with Crippen LogP contribution in [0.1, 0.15) is 11.8 Å². The first-order chi connectivity index (χ1) is 12.2. The maximum Gasteiger partial charge on any atom is 0.260 e. The number of hydrogen-bond donors (Lipinski definition) is 0. The smallest absolute Gasteiger partial charge is 0.260 e. The number of rotatable bonds is 5. The van der Waals surface area contributed by atoms with Crippen LogP contribution in [-0.2, 0) is 4.79 Å². The lowest BCUT2D eigenvalue weighted by molar-refractivity contribution is -0.138. The molecule has 0 N–H and O–H groups in total. The van der Waals surface area contributed by atoms with E-state index in [1.807, 2.05) is 17.5 Å². The van der Waals surface area contributed by atoms with Gasteiger partial charge in [-0.05, 0) is 35.7 Å². The molecule has 0 atom stereocenters. The van der Waals surface area contributed by atoms with Crippen LogP contribution in [0.3, 0.4) is 0 Å². The highest BCUT2D eigenvalue weighted by Crippen LogP contribution is 2.29. The molecule has 1 aliphatic heterocycles. The molecule has 128 valence electrons. The first-order valence-electron chi connectivity index (χ1n) is 7.72. The number of halogens is 1. The minimum Gasteiger partial charge on any atom is -0.484 e. The second kappa shape index (κ2) is 6.64. The molecule has 0 aliphatic carbocycles. The van der Waals surface area contributed by atoms with Crippen molar-refractivity contribution in [3.8, 4) is 16.5 Å². The number of aromatic nitrogens is 2. The maximum absolute atomic E-state index is 12.8. The zero-order valence-electron chi connectivity index (χ0n) is 13.1. The minimum absolute atomic E-state index is 0.0518. The molecule has 2 aromatic heterocycles. The van der Waals surface area contributed by atoms with Crippen molar-refractivity contribution >= 4 is 17.2 Å². The first-order valence-corrected chi connectivity index (χ1v) is 8.60. The molecule has 8 heteroatoms. The van der Waals surface area contributed by atoms with Crippen LogP contribution in [0.2, 0.25) is 0 Å². The Morgan fingerprint density at radius 2 is 2.12 bits per heavy atom. The van der Waals surface area contributed by atoms with Gasteiger partial charge < -0.3 is 14.2 Å². The van der Waals surface area contributed by atoms with Crippen LogP contribution in [0, 0.1) is 5.82 Å². The summed E-state index contributed by atoms with van der Waals surface area (Å²) in [6.45, 7) is 0.970. The Morgan fingerprint density at radius 3 is 2.84 bits per heavy atom. The molecule has 1 saturated heterocycles. The van der Waals surface area contributed by atoms with E-state index < -0.39 is 0 Å². The molecule has 0 unspecified atom stereocenters. The number of likely N-dealkylation sites (tertiary alicyclic amines) is 1. The Hall–Kier alpha value is -2.74. The minimum atomic E-state index is -0.342. The van der Waals surface area contributed by atoms with Crippen LogP contribution < -0.4 is 4.74 Å². The Labute approximate surface area is 146 Å². The van der Waals surface area contributed by atoms with Crippen LogP contribution in [0.4, 0.5) is 4.39 Å². The van der Waals surface area contributed by atoms with Crippen molar-refractivity contribution in [1.82, 2.24) is 15.0 Å². The van der Waals surface area contributed by atoms with E-state index in [4.69, 9.17) is 9.26 Å². The van der Waals surface area contributed by atoms with Crippen LogP contribution in [-0.4, -0.2) is 40.6 Å². The summed E-state index contributed by atoms with van der Waals surface area (Å²) < 4.78 is 23.5. The average Bonchev–Trinajstić information content (AvgIpc) is 3.24. The van der Waals surface area contributed by atoms with Gasteiger partial charge in [0.05, 0.1) is 10.8 Å². The molecule has 6 nitrogen and oxygen atoms in total. The fourth-order valence-corrected chi connectivity index (χ4v) is 3.16. The van der Waals surface area contributed by atoms with Crippen molar-refractivity contribution in [3.63, 3.8) is 0 Å². The lowest BCUT2D eigenvalue weighted by Gasteiger charge is -2.36. The van der Waals surface area contributed by atoms with Gasteiger partial charge in [0.2, 0.25) is 11.7 Å². The summed E-state index contributed by atoms with van der Waals surface area (Å²) in [5.41, 5.74) is 0. The normalized spacial score (nSPS) is 14.4. The molecule has 1 aromatic carbocycles. The van der Waals surface area contributed by atoms with E-state index in [0.29, 0.717) is 30.6 Å². The van der Waals surface area contributed by atoms with E-state index in [1.165, 1.54) is 24.3 Å². The predicted octanol–water partition coefficient (Wildman–Crippen LogP) is 2.94. The van der Waals surface area contributed by atoms with Crippen molar-refractivity contribution in [1.29, 1.82) is 0 Å². The standard InChI is InChI=1S/C17H14FN3O3S/c18-12-3-5-13(6-4-12)23-10-15(22)21-8-11(9-21)17-19-16(20-24-17)14-2-1-7-25-14/h1-7,11H,8-10H2. The van der Waals surface area contributed by atoms with E-state index in [9.17, 15) is 9.18 Å². The van der Waals surface area contributed by atoms with E-state index >= 15 is 0 Å². The average molecular weight is 359 g/mol. The molecular formula is C17H14FN3O3S. The number of hydrogen-bond acceptors (Lipinski definition) is 6. The van der Waals surface area contributed by atoms with Crippen molar-refractivity contribution in [3.05, 3.63) is 53.5 Å². The molecule has 3 aromatic rings. The highest BCUT2D eigenvalue weighted by Gasteiger charge is 2.35. The molecular weight excluding hydrogens is 345 g/mol. The second-order valence-electron chi connectivity index (χ2n) is 5.67. The second-order valence-corrected chi connectivity index (χ2v) is 6.62. The van der Waals surface area contributed by atoms with Gasteiger partial charge in [0.25, 0.3) is 5.91 Å². The van der Waals surface area contributed by atoms with Crippen molar-refractivity contribution in [2.45, 2.75) is 5.92 Å². The van der Waals surface area contributed by atoms with Crippen molar-refractivity contribution in [2.75, 3.05) is 19.7 Å². The summed E-state index contributed by atoms with van der Waals surface area (Å²) in [4.78, 5) is 19.1. The number of thiophene rings is 1. The largest absolute Gasteiger partial charge is 0.484 e. The number of amides is 1. The van der Waals surface area contributed by atoms with Gasteiger partial charge >= 0.3 is 0 Å². The van der Waals surface area contributed by atoms with Crippen molar-refractivity contribution in [2.24, 2.45) is 0 Å². The lowest BCUT2D eigenvalue weighted by Crippen LogP contribution is -2.50. The molecule has 25 heavy (non-hydrogen) atoms. The van der Waals surface area contributed by atoms with Gasteiger partial charge in [0.15, 0.2) is 6.61 Å². The van der Waals surface area contributed by atoms with E-state index in [1.54, 1.807) is 16.2 Å². The summed E-state index contributed by atoms with van der Waals surface area (Å²) in [6.07, 6.45) is 0. The molecule has 3 heterocycles. The quantitative estimate of drug-likeness (QED) is 0.701. The van der Waals surface area contributed by atoms with E-state index in [0.717, 1.165) is 4.88 Å². The number of nitrogens with zero attached hydrogens (tertiary/aromatic N) is 3. The Bertz CT molecular complexity index is 858. The topological polar surface area (TPSA) is 68.5 Å². The van der Waals surface area contributed by atoms with Gasteiger partial charge in [-0.15, -0.1) is 11.3 Å². The summed E-state index contributed by atoms with van der Waals surface area (Å²) in [5.74, 6) is 1.17. The number of carbonyl (C=O) groups excluding carboxylic acids is 1. The third kappa shape index (κ3) is 3.39. The van der Waals surface area contributed by atoms with Gasteiger partial charge in [-0.1, -0.05) is 11.2 Å². The van der Waals surface area contributed by atoms with Gasteiger partial charge in [-0.2, -0.15) is 4.98 Å². The van der Waals surface area contributed by atoms with Crippen LogP contribution in [0.5, 0.6) is 5.75 Å². The predicted molar refractivity (Wildman–Crippen MR) is 88.8 cm³/mol. The fourth-order valence-electron chi connectivity index (χ4n) is 2.51. The van der Waals surface area contributed by atoms with Gasteiger partial charge in [-0.25, -0.2) is 4.39 Å². The summed E-state index contributed by atoms with van der Waals surface area (Å²) in [5, 5.41) is 5.93. The zero-order valence-corrected chi connectivity index (χ0v) is 13.9. The highest BCUT2D eigenvalue weighted by molar-refractivity contribution is 7.13. The molecule has 0 spiro atoms. The highest BCUT2D eigenvalue weighted by atomic mass is 32.1. The van der Waals surface area contributed by atoms with Crippen molar-refractivity contribution < 1.29 is 18.4 Å². The maximum atomic E-state index is 12.8. The third-order valence-corrected chi connectivity index (χ3v) is 4.81. The van der Waals surface area contributed by atoms with Crippen LogP contribution >= 0.6 is 11.3 Å². The Balaban J connectivity index is 1.28. The summed E-state index contributed by atoms with van der Waals surface area (Å²) in [7, 11) is 0. The van der Waals surface area contributed by atoms with Gasteiger partial charge in [0.1, 0.15) is 11.6 Å². The molecule has 1 fully saturated rings. The Kier molecular flexibility index (Phi) is 4.19. The van der Waals surface area contributed by atoms with E-state index in [-0.39, 0.29) is 24.2 Å². The summed E-state index contributed by atoms with van der Waals surface area (Å²) >= 11 is 1.55. The summed E-state index contributed by atoms with van der Waals surface area (Å²) in [6, 6.07) is 9.43. The zero-order chi connectivity index (χ0) is 17.2. The monoisotopic (exact) mass is 359 g/mol. The first kappa shape index (κ1) is 15.8.